The molecule has 6 nitrogen and oxygen atoms in total. The van der Waals surface area contributed by atoms with Crippen molar-refractivity contribution in [2.45, 2.75) is 13.5 Å². The summed E-state index contributed by atoms with van der Waals surface area (Å²) in [5, 5.41) is 11.5. The molecule has 30 heavy (non-hydrogen) atoms. The van der Waals surface area contributed by atoms with E-state index in [4.69, 9.17) is 16.3 Å². The van der Waals surface area contributed by atoms with Crippen LogP contribution in [0.25, 0.3) is 16.7 Å². The molecule has 0 fully saturated rings. The number of nitrogens with zero attached hydrogens (tertiary/aromatic N) is 1. The maximum Gasteiger partial charge on any atom is 0.379 e. The second kappa shape index (κ2) is 9.00. The molecular weight excluding hydrogens is 413 g/mol. The van der Waals surface area contributed by atoms with E-state index < -0.39 is 23.3 Å². The first-order chi connectivity index (χ1) is 14.3. The molecule has 156 valence electrons. The molecule has 0 spiro atoms. The molecule has 0 unspecified atom stereocenters. The molecule has 1 N–H and O–H groups in total. The van der Waals surface area contributed by atoms with Crippen LogP contribution in [0.4, 0.5) is 4.39 Å². The maximum atomic E-state index is 14.2. The highest BCUT2D eigenvalue weighted by Crippen LogP contribution is 2.34. The highest BCUT2D eigenvalue weighted by Gasteiger charge is 2.20. The summed E-state index contributed by atoms with van der Waals surface area (Å²) in [6.07, 6.45) is 2.35. The largest absolute Gasteiger partial charge is 0.507 e. The predicted octanol–water partition coefficient (Wildman–Crippen LogP) is 4.52. The lowest BCUT2D eigenvalue weighted by atomic mass is 10.1. The van der Waals surface area contributed by atoms with E-state index in [9.17, 15) is 19.1 Å². The van der Waals surface area contributed by atoms with Gasteiger partial charge >= 0.3 is 5.97 Å². The highest BCUT2D eigenvalue weighted by atomic mass is 35.5. The number of ether oxygens (including phenoxy) is 2. The van der Waals surface area contributed by atoms with Crippen LogP contribution in [0.1, 0.15) is 18.1 Å². The van der Waals surface area contributed by atoms with E-state index in [1.165, 1.54) is 25.3 Å². The lowest BCUT2D eigenvalue weighted by molar-refractivity contribution is -0.151. The van der Waals surface area contributed by atoms with Crippen LogP contribution in [0, 0.1) is 5.82 Å². The lowest BCUT2D eigenvalue weighted by Gasteiger charge is -2.08. The Labute approximate surface area is 177 Å². The Morgan fingerprint density at radius 2 is 2.03 bits per heavy atom. The number of ketones is 1. The van der Waals surface area contributed by atoms with Crippen LogP contribution in [0.2, 0.25) is 5.02 Å². The van der Waals surface area contributed by atoms with Crippen molar-refractivity contribution < 1.29 is 28.6 Å². The van der Waals surface area contributed by atoms with Crippen LogP contribution in [0.3, 0.4) is 0 Å². The van der Waals surface area contributed by atoms with Crippen molar-refractivity contribution in [3.05, 3.63) is 70.6 Å². The van der Waals surface area contributed by atoms with Crippen LogP contribution < -0.4 is 4.74 Å². The van der Waals surface area contributed by atoms with Crippen molar-refractivity contribution in [1.82, 2.24) is 4.57 Å². The molecule has 8 heteroatoms. The van der Waals surface area contributed by atoms with Gasteiger partial charge in [0.1, 0.15) is 17.3 Å². The first-order valence-electron chi connectivity index (χ1n) is 9.07. The summed E-state index contributed by atoms with van der Waals surface area (Å²) in [4.78, 5) is 23.6. The molecule has 0 saturated heterocycles. The minimum absolute atomic E-state index is 0.0392. The van der Waals surface area contributed by atoms with E-state index in [-0.39, 0.29) is 18.7 Å². The number of fused-ring (bicyclic) bond motifs is 1. The number of rotatable bonds is 7. The van der Waals surface area contributed by atoms with Crippen LogP contribution in [-0.4, -0.2) is 35.1 Å². The Kier molecular flexibility index (Phi) is 6.42. The van der Waals surface area contributed by atoms with Crippen molar-refractivity contribution in [3.63, 3.8) is 0 Å². The molecule has 1 aromatic heterocycles. The Balaban J connectivity index is 2.12. The van der Waals surface area contributed by atoms with Crippen LogP contribution in [-0.2, 0) is 20.9 Å². The van der Waals surface area contributed by atoms with Gasteiger partial charge in [-0.3, -0.25) is 4.79 Å². The summed E-state index contributed by atoms with van der Waals surface area (Å²) in [6.45, 7) is 1.73. The molecule has 1 heterocycles. The van der Waals surface area contributed by atoms with Gasteiger partial charge in [-0.2, -0.15) is 0 Å². The molecular formula is C22H19ClFNO5. The molecule has 0 amide bonds. The molecule has 0 saturated carbocycles. The van der Waals surface area contributed by atoms with Crippen molar-refractivity contribution in [1.29, 1.82) is 0 Å². The van der Waals surface area contributed by atoms with E-state index in [0.717, 1.165) is 6.08 Å². The molecule has 0 aliphatic carbocycles. The molecule has 3 aromatic rings. The van der Waals surface area contributed by atoms with Gasteiger partial charge in [0.05, 0.1) is 31.2 Å². The average molecular weight is 432 g/mol. The minimum atomic E-state index is -1.07. The van der Waals surface area contributed by atoms with E-state index >= 15 is 0 Å². The van der Waals surface area contributed by atoms with E-state index in [0.29, 0.717) is 27.2 Å². The van der Waals surface area contributed by atoms with Crippen molar-refractivity contribution in [2.75, 3.05) is 13.7 Å². The quantitative estimate of drug-likeness (QED) is 0.257. The van der Waals surface area contributed by atoms with Gasteiger partial charge in [0.15, 0.2) is 0 Å². The summed E-state index contributed by atoms with van der Waals surface area (Å²) in [5.41, 5.74) is 1.23. The van der Waals surface area contributed by atoms with Gasteiger partial charge in [-0.15, -0.1) is 0 Å². The maximum absolute atomic E-state index is 14.2. The number of aliphatic hydroxyl groups excluding tert-OH is 1. The van der Waals surface area contributed by atoms with Crippen LogP contribution in [0.15, 0.2) is 48.7 Å². The fraction of sp³-hybridized carbons (Fsp3) is 0.182. The Bertz CT molecular complexity index is 1150. The van der Waals surface area contributed by atoms with Crippen molar-refractivity contribution >= 4 is 40.0 Å². The number of carbonyl (C=O) groups is 2. The zero-order valence-corrected chi connectivity index (χ0v) is 17.1. The van der Waals surface area contributed by atoms with E-state index in [1.54, 1.807) is 35.9 Å². The predicted molar refractivity (Wildman–Crippen MR) is 111 cm³/mol. The van der Waals surface area contributed by atoms with Gasteiger partial charge in [0, 0.05) is 28.4 Å². The SMILES string of the molecule is CCOC(=O)C(=O)/C=C(\O)c1cn(Cc2cc(Cl)ccc2F)c2cccc(OC)c12. The normalized spacial score (nSPS) is 11.5. The van der Waals surface area contributed by atoms with Crippen LogP contribution in [0.5, 0.6) is 5.75 Å². The first-order valence-corrected chi connectivity index (χ1v) is 9.45. The molecule has 0 radical (unpaired) electrons. The Hall–Kier alpha value is -3.32. The van der Waals surface area contributed by atoms with Gasteiger partial charge < -0.3 is 19.1 Å². The number of carbonyl (C=O) groups excluding carboxylic acids is 2. The number of hydrogen-bond acceptors (Lipinski definition) is 5. The van der Waals surface area contributed by atoms with Gasteiger partial charge in [-0.05, 0) is 37.3 Å². The number of hydrogen-bond donors (Lipinski definition) is 1. The third-order valence-corrected chi connectivity index (χ3v) is 4.69. The standard InChI is InChI=1S/C22H19ClFNO5/c1-3-30-22(28)19(27)10-18(26)15-12-25(11-13-9-14(23)7-8-16(13)24)17-5-4-6-20(29-2)21(15)17/h4-10,12,26H,3,11H2,1-2H3/b18-10-. The average Bonchev–Trinajstić information content (AvgIpc) is 3.09. The van der Waals surface area contributed by atoms with Gasteiger partial charge in [-0.25, -0.2) is 9.18 Å². The zero-order valence-electron chi connectivity index (χ0n) is 16.3. The monoisotopic (exact) mass is 431 g/mol. The van der Waals surface area contributed by atoms with E-state index in [1.807, 2.05) is 0 Å². The number of aromatic nitrogens is 1. The topological polar surface area (TPSA) is 77.8 Å². The second-order valence-electron chi connectivity index (χ2n) is 6.38. The van der Waals surface area contributed by atoms with Gasteiger partial charge in [0.2, 0.25) is 0 Å². The number of benzene rings is 2. The van der Waals surface area contributed by atoms with Gasteiger partial charge in [-0.1, -0.05) is 17.7 Å². The molecule has 0 bridgehead atoms. The fourth-order valence-electron chi connectivity index (χ4n) is 3.13. The third-order valence-electron chi connectivity index (χ3n) is 4.46. The lowest BCUT2D eigenvalue weighted by Crippen LogP contribution is -2.15. The number of aliphatic hydroxyl groups is 1. The second-order valence-corrected chi connectivity index (χ2v) is 6.81. The van der Waals surface area contributed by atoms with Crippen LogP contribution >= 0.6 is 11.6 Å². The number of methoxy groups -OCH3 is 1. The summed E-state index contributed by atoms with van der Waals surface area (Å²) in [7, 11) is 1.47. The summed E-state index contributed by atoms with van der Waals surface area (Å²) in [6, 6.07) is 9.46. The van der Waals surface area contributed by atoms with Crippen molar-refractivity contribution in [2.24, 2.45) is 0 Å². The summed E-state index contributed by atoms with van der Waals surface area (Å²) < 4.78 is 26.0. The number of esters is 1. The third kappa shape index (κ3) is 4.31. The first kappa shape index (κ1) is 21.4. The molecule has 3 rings (SSSR count). The molecule has 2 aromatic carbocycles. The zero-order chi connectivity index (χ0) is 21.8. The smallest absolute Gasteiger partial charge is 0.379 e. The Morgan fingerprint density at radius 3 is 2.73 bits per heavy atom. The highest BCUT2D eigenvalue weighted by molar-refractivity contribution is 6.39. The van der Waals surface area contributed by atoms with Crippen molar-refractivity contribution in [3.8, 4) is 5.75 Å². The fourth-order valence-corrected chi connectivity index (χ4v) is 3.32. The van der Waals surface area contributed by atoms with E-state index in [2.05, 4.69) is 4.74 Å². The number of halogens is 2. The minimum Gasteiger partial charge on any atom is -0.507 e. The molecule has 0 aliphatic heterocycles. The summed E-state index contributed by atoms with van der Waals surface area (Å²) >= 11 is 5.99. The molecule has 0 aliphatic rings. The Morgan fingerprint density at radius 1 is 1.27 bits per heavy atom. The summed E-state index contributed by atoms with van der Waals surface area (Å²) in [5.74, 6) is -2.49. The van der Waals surface area contributed by atoms with Gasteiger partial charge in [0.25, 0.3) is 5.78 Å². The molecule has 0 atom stereocenters.